The van der Waals surface area contributed by atoms with Gasteiger partial charge in [-0.05, 0) is 43.5 Å². The van der Waals surface area contributed by atoms with Crippen LogP contribution in [0, 0.1) is 13.8 Å². The lowest BCUT2D eigenvalue weighted by atomic mass is 10.1. The normalized spacial score (nSPS) is 13.1. The number of benzene rings is 1. The number of hydrogen-bond donors (Lipinski definition) is 0. The first-order valence-corrected chi connectivity index (χ1v) is 5.70. The maximum Gasteiger partial charge on any atom is 0.0527 e. The minimum absolute atomic E-state index is 1.07. The molecule has 0 atom stereocenters. The van der Waals surface area contributed by atoms with Gasteiger partial charge in [0, 0.05) is 17.5 Å². The number of fused-ring (bicyclic) bond motifs is 1. The van der Waals surface area contributed by atoms with Crippen molar-refractivity contribution in [2.24, 2.45) is 0 Å². The van der Waals surface area contributed by atoms with E-state index in [4.69, 9.17) is 0 Å². The van der Waals surface area contributed by atoms with Crippen LogP contribution in [0.4, 0.5) is 0 Å². The van der Waals surface area contributed by atoms with Crippen LogP contribution in [-0.2, 0) is 6.42 Å². The van der Waals surface area contributed by atoms with Crippen LogP contribution in [0.1, 0.15) is 22.4 Å². The standard InChI is InChI=1S/C15H15N/c1-11-9-12(2)16(10-11)15-8-4-6-13-5-3-7-14(13)15/h3-4,6-10H,5H2,1-2H3. The van der Waals surface area contributed by atoms with E-state index in [0.717, 1.165) is 6.42 Å². The molecule has 0 saturated heterocycles. The van der Waals surface area contributed by atoms with E-state index in [1.165, 1.54) is 28.1 Å². The van der Waals surface area contributed by atoms with Crippen molar-refractivity contribution in [2.75, 3.05) is 0 Å². The number of aromatic nitrogens is 1. The van der Waals surface area contributed by atoms with Gasteiger partial charge in [-0.25, -0.2) is 0 Å². The van der Waals surface area contributed by atoms with Crippen molar-refractivity contribution >= 4 is 6.08 Å². The Bertz CT molecular complexity index is 573. The zero-order valence-electron chi connectivity index (χ0n) is 9.70. The molecule has 16 heavy (non-hydrogen) atoms. The summed E-state index contributed by atoms with van der Waals surface area (Å²) in [4.78, 5) is 0. The second-order valence-electron chi connectivity index (χ2n) is 4.49. The summed E-state index contributed by atoms with van der Waals surface area (Å²) in [6, 6.07) is 8.78. The SMILES string of the molecule is Cc1cc(C)n(-c2cccc3c2C=CC3)c1. The molecule has 1 nitrogen and oxygen atoms in total. The van der Waals surface area contributed by atoms with Crippen LogP contribution in [0.5, 0.6) is 0 Å². The minimum atomic E-state index is 1.07. The Balaban J connectivity index is 2.24. The second kappa shape index (κ2) is 3.38. The van der Waals surface area contributed by atoms with E-state index in [0.29, 0.717) is 0 Å². The molecule has 0 spiro atoms. The summed E-state index contributed by atoms with van der Waals surface area (Å²) < 4.78 is 2.28. The largest absolute Gasteiger partial charge is 0.320 e. The average Bonchev–Trinajstić information content (AvgIpc) is 2.84. The fourth-order valence-electron chi connectivity index (χ4n) is 2.48. The summed E-state index contributed by atoms with van der Waals surface area (Å²) in [5.41, 5.74) is 6.73. The highest BCUT2D eigenvalue weighted by atomic mass is 15.0. The number of nitrogens with zero attached hydrogens (tertiary/aromatic N) is 1. The highest BCUT2D eigenvalue weighted by Crippen LogP contribution is 2.27. The number of rotatable bonds is 1. The van der Waals surface area contributed by atoms with Crippen molar-refractivity contribution in [1.29, 1.82) is 0 Å². The number of allylic oxidation sites excluding steroid dienone is 1. The van der Waals surface area contributed by atoms with Gasteiger partial charge in [0.05, 0.1) is 5.69 Å². The molecule has 1 aliphatic carbocycles. The summed E-state index contributed by atoms with van der Waals surface area (Å²) in [5, 5.41) is 0. The molecule has 0 amide bonds. The van der Waals surface area contributed by atoms with E-state index in [1.807, 2.05) is 0 Å². The van der Waals surface area contributed by atoms with Crippen molar-refractivity contribution in [1.82, 2.24) is 4.57 Å². The van der Waals surface area contributed by atoms with Crippen molar-refractivity contribution in [3.8, 4) is 5.69 Å². The van der Waals surface area contributed by atoms with Gasteiger partial charge in [-0.3, -0.25) is 0 Å². The zero-order valence-corrected chi connectivity index (χ0v) is 9.70. The van der Waals surface area contributed by atoms with Crippen molar-refractivity contribution < 1.29 is 0 Å². The number of aryl methyl sites for hydroxylation is 2. The molecule has 1 heteroatoms. The summed E-state index contributed by atoms with van der Waals surface area (Å²) in [6.45, 7) is 4.30. The molecule has 1 heterocycles. The second-order valence-corrected chi connectivity index (χ2v) is 4.49. The predicted molar refractivity (Wildman–Crippen MR) is 68.0 cm³/mol. The molecule has 0 aliphatic heterocycles. The topological polar surface area (TPSA) is 4.93 Å². The molecule has 1 aromatic carbocycles. The van der Waals surface area contributed by atoms with Gasteiger partial charge in [-0.15, -0.1) is 0 Å². The fourth-order valence-corrected chi connectivity index (χ4v) is 2.48. The van der Waals surface area contributed by atoms with E-state index in [-0.39, 0.29) is 0 Å². The van der Waals surface area contributed by atoms with Crippen LogP contribution in [0.2, 0.25) is 0 Å². The summed E-state index contributed by atoms with van der Waals surface area (Å²) in [5.74, 6) is 0. The van der Waals surface area contributed by atoms with Gasteiger partial charge in [0.25, 0.3) is 0 Å². The third-order valence-electron chi connectivity index (χ3n) is 3.20. The van der Waals surface area contributed by atoms with Crippen LogP contribution in [0.15, 0.2) is 36.5 Å². The Labute approximate surface area is 96.0 Å². The molecular weight excluding hydrogens is 194 g/mol. The average molecular weight is 209 g/mol. The molecule has 2 aromatic rings. The van der Waals surface area contributed by atoms with Crippen LogP contribution in [0.25, 0.3) is 11.8 Å². The molecule has 3 rings (SSSR count). The third-order valence-corrected chi connectivity index (χ3v) is 3.20. The monoisotopic (exact) mass is 209 g/mol. The van der Waals surface area contributed by atoms with Gasteiger partial charge in [0.1, 0.15) is 0 Å². The van der Waals surface area contributed by atoms with Crippen LogP contribution >= 0.6 is 0 Å². The van der Waals surface area contributed by atoms with Crippen LogP contribution < -0.4 is 0 Å². The molecule has 0 saturated carbocycles. The number of hydrogen-bond acceptors (Lipinski definition) is 0. The lowest BCUT2D eigenvalue weighted by Gasteiger charge is -2.11. The van der Waals surface area contributed by atoms with E-state index in [9.17, 15) is 0 Å². The van der Waals surface area contributed by atoms with Crippen molar-refractivity contribution in [2.45, 2.75) is 20.3 Å². The van der Waals surface area contributed by atoms with Gasteiger partial charge < -0.3 is 4.57 Å². The molecule has 0 radical (unpaired) electrons. The molecule has 80 valence electrons. The maximum atomic E-state index is 2.28. The Morgan fingerprint density at radius 2 is 2.06 bits per heavy atom. The van der Waals surface area contributed by atoms with E-state index >= 15 is 0 Å². The van der Waals surface area contributed by atoms with E-state index in [2.05, 4.69) is 61.0 Å². The summed E-state index contributed by atoms with van der Waals surface area (Å²) in [7, 11) is 0. The van der Waals surface area contributed by atoms with Gasteiger partial charge in [-0.2, -0.15) is 0 Å². The van der Waals surface area contributed by atoms with Crippen LogP contribution in [0.3, 0.4) is 0 Å². The Morgan fingerprint density at radius 3 is 2.81 bits per heavy atom. The van der Waals surface area contributed by atoms with Gasteiger partial charge >= 0.3 is 0 Å². The first-order chi connectivity index (χ1) is 7.75. The maximum absolute atomic E-state index is 2.28. The lowest BCUT2D eigenvalue weighted by Crippen LogP contribution is -1.98. The highest BCUT2D eigenvalue weighted by molar-refractivity contribution is 5.69. The van der Waals surface area contributed by atoms with Gasteiger partial charge in [-0.1, -0.05) is 24.3 Å². The van der Waals surface area contributed by atoms with Crippen molar-refractivity contribution in [3.63, 3.8) is 0 Å². The Hall–Kier alpha value is -1.76. The molecule has 0 fully saturated rings. The fraction of sp³-hybridized carbons (Fsp3) is 0.200. The highest BCUT2D eigenvalue weighted by Gasteiger charge is 2.11. The first-order valence-electron chi connectivity index (χ1n) is 5.70. The van der Waals surface area contributed by atoms with E-state index < -0.39 is 0 Å². The van der Waals surface area contributed by atoms with Gasteiger partial charge in [0.15, 0.2) is 0 Å². The Kier molecular flexibility index (Phi) is 2.00. The molecule has 0 unspecified atom stereocenters. The first kappa shape index (κ1) is 9.46. The van der Waals surface area contributed by atoms with Crippen LogP contribution in [-0.4, -0.2) is 4.57 Å². The molecular formula is C15H15N. The molecule has 1 aromatic heterocycles. The zero-order chi connectivity index (χ0) is 11.1. The third kappa shape index (κ3) is 1.32. The predicted octanol–water partition coefficient (Wildman–Crippen LogP) is 3.66. The molecule has 0 N–H and O–H groups in total. The summed E-state index contributed by atoms with van der Waals surface area (Å²) >= 11 is 0. The minimum Gasteiger partial charge on any atom is -0.320 e. The smallest absolute Gasteiger partial charge is 0.0527 e. The summed E-state index contributed by atoms with van der Waals surface area (Å²) in [6.07, 6.45) is 7.75. The van der Waals surface area contributed by atoms with Gasteiger partial charge in [0.2, 0.25) is 0 Å². The quantitative estimate of drug-likeness (QED) is 0.675. The Morgan fingerprint density at radius 1 is 1.19 bits per heavy atom. The lowest BCUT2D eigenvalue weighted by molar-refractivity contribution is 1.01. The molecule has 1 aliphatic rings. The van der Waals surface area contributed by atoms with Crippen molar-refractivity contribution in [3.05, 3.63) is 58.9 Å². The van der Waals surface area contributed by atoms with E-state index in [1.54, 1.807) is 0 Å². The molecule has 0 bridgehead atoms.